The van der Waals surface area contributed by atoms with Crippen molar-refractivity contribution < 1.29 is 208 Å². The number of thioether (sulfide) groups is 4. The van der Waals surface area contributed by atoms with Gasteiger partial charge in [0.1, 0.15) is 85.1 Å². The van der Waals surface area contributed by atoms with Crippen LogP contribution < -0.4 is 74.4 Å². The number of likely N-dealkylation sites (N-methyl/N-ethyl adjacent to an activating group) is 4. The summed E-state index contributed by atoms with van der Waals surface area (Å²) in [6.45, 7) is 0.528. The van der Waals surface area contributed by atoms with Crippen LogP contribution in [0.4, 0.5) is 0 Å². The molecule has 0 aliphatic heterocycles. The average Bonchev–Trinajstić information content (AvgIpc) is 0.872. The summed E-state index contributed by atoms with van der Waals surface area (Å²) in [5.74, 6) is -19.5. The van der Waals surface area contributed by atoms with E-state index < -0.39 is 292 Å². The first-order valence-electron chi connectivity index (χ1n) is 35.1. The zero-order chi connectivity index (χ0) is 97.7. The van der Waals surface area contributed by atoms with Crippen LogP contribution in [0.2, 0.25) is 0 Å². The zero-order valence-corrected chi connectivity index (χ0v) is 71.0. The van der Waals surface area contributed by atoms with Crippen LogP contribution in [0.15, 0.2) is 0 Å². The van der Waals surface area contributed by atoms with Crippen LogP contribution >= 0.6 is 47.0 Å². The second kappa shape index (κ2) is 70.3. The summed E-state index contributed by atoms with van der Waals surface area (Å²) in [6.07, 6.45) is -19.4. The number of hydrogen-bond acceptors (Lipinski definition) is 42. The van der Waals surface area contributed by atoms with Crippen molar-refractivity contribution >= 4 is 166 Å². The molecule has 10 amide bonds. The van der Waals surface area contributed by atoms with E-state index in [1.807, 2.05) is 0 Å². The third-order valence-corrected chi connectivity index (χ3v) is 18.2. The van der Waals surface area contributed by atoms with Gasteiger partial charge in [-0.3, -0.25) is 47.9 Å². The molecule has 60 heteroatoms. The van der Waals surface area contributed by atoms with Gasteiger partial charge in [0.25, 0.3) is 0 Å². The van der Waals surface area contributed by atoms with Gasteiger partial charge in [0.05, 0.1) is 49.9 Å². The van der Waals surface area contributed by atoms with Gasteiger partial charge < -0.3 is 177 Å². The molecular weight excluding hydrogens is 1770 g/mol. The molecule has 0 saturated heterocycles. The van der Waals surface area contributed by atoms with E-state index in [2.05, 4.69) is 74.4 Å². The number of carbonyl (C=O) groups is 18. The Morgan fingerprint density at radius 3 is 0.565 bits per heavy atom. The van der Waals surface area contributed by atoms with E-state index in [9.17, 15) is 148 Å². The first-order chi connectivity index (χ1) is 57.6. The third-order valence-electron chi connectivity index (χ3n) is 15.5. The van der Waals surface area contributed by atoms with Crippen LogP contribution in [0.1, 0.15) is 39.5 Å². The van der Waals surface area contributed by atoms with E-state index in [1.54, 1.807) is 25.0 Å². The standard InChI is InChI=1S/2C17H30N4O10S.2C14H25N3O9S.2CO2/c2*1-7(18-2)14(26)20-8(15(27)21-9(6-32-3)16(28)29)4-11(23)19-5-10(22)12(24)13(25)17(30)31;2*1-15-6(12(22)17-7(5-27-2)13(23)24)3-9(19)16-4-8(18)10(20)11(21)14(25)26;2*2-1-3/h2*7-10,12-13,18,22,24-25H,4-6H2,1-3H3,(H,19,23)(H,20,26)(H,21,27)(H,28,29)(H,30,31);2*6-8,10-11,15,18,20-21H,3-5H2,1-2H3,(H,16,19)(H,17,22)(H,23,24)(H,25,26);;/t7-,8?,9-,10?,12?,13?;7-,8-,9-,10-,12+,13+;6-,7-,8-,10+,11+;6-,7-,8-,10+,11-;;/m0000../s1. The fraction of sp³-hybridized carbons (Fsp3) is 0.688. The normalized spacial score (nSPS) is 15.9. The van der Waals surface area contributed by atoms with E-state index in [4.69, 9.17) is 60.0 Å². The molecule has 0 fully saturated rings. The molecule has 0 aromatic rings. The van der Waals surface area contributed by atoms with E-state index in [0.29, 0.717) is 0 Å². The molecule has 0 rings (SSSR count). The van der Waals surface area contributed by atoms with Gasteiger partial charge >= 0.3 is 60.1 Å². The Bertz CT molecular complexity index is 3230. The van der Waals surface area contributed by atoms with Crippen molar-refractivity contribution in [2.45, 2.75) is 173 Å². The molecule has 0 aliphatic carbocycles. The van der Waals surface area contributed by atoms with Gasteiger partial charge in [-0.1, -0.05) is 0 Å². The Morgan fingerprint density at radius 1 is 0.258 bits per heavy atom. The highest BCUT2D eigenvalue weighted by Gasteiger charge is 2.38. The summed E-state index contributed by atoms with van der Waals surface area (Å²) in [6, 6.07) is -11.3. The second-order valence-corrected chi connectivity index (χ2v) is 28.5. The first-order valence-corrected chi connectivity index (χ1v) is 40.7. The number of carboxylic acids is 8. The average molecular weight is 1880 g/mol. The van der Waals surface area contributed by atoms with Crippen molar-refractivity contribution in [3.05, 3.63) is 0 Å². The third kappa shape index (κ3) is 55.3. The quantitative estimate of drug-likeness (QED) is 0.0269. The maximum absolute atomic E-state index is 12.5. The zero-order valence-electron chi connectivity index (χ0n) is 67.7. The number of aliphatic hydroxyl groups is 12. The van der Waals surface area contributed by atoms with Gasteiger partial charge in [-0.05, 0) is 67.1 Å². The molecule has 0 radical (unpaired) electrons. The van der Waals surface area contributed by atoms with Crippen LogP contribution in [-0.2, 0) is 105 Å². The SMILES string of the molecule is CN[C@@H](C)C(=O)NC(CC(=O)NCC(O)C(O)C(O)C(=O)O)C(=O)N[C@@H](CSC)C(=O)O.CN[C@@H](C)C(=O)N[C@@H](CC(=O)NC[C@H](O)[C@@H](O)[C@@H](O)C(=O)O)C(=O)N[C@@H](CSC)C(=O)O.CN[C@@H](CC(=O)NC[C@H](O)[C@@H](O)[C@@H](O)C(=O)O)C(=O)N[C@@H](CSC)C(=O)O.CN[C@@H](CC(=O)NC[C@H](O)[C@@H](O)[C@H](O)C(=O)O)C(=O)N[C@@H](CSC)C(=O)O.O=C=O.O=C=O. The number of aliphatic carboxylic acids is 8. The van der Waals surface area contributed by atoms with Crippen LogP contribution in [0.3, 0.4) is 0 Å². The van der Waals surface area contributed by atoms with Gasteiger partial charge in [-0.25, -0.2) is 38.4 Å². The lowest BCUT2D eigenvalue weighted by molar-refractivity contribution is -0.193. The Labute approximate surface area is 720 Å². The molecular formula is C64H110N14O42S4. The number of aliphatic hydroxyl groups excluding tert-OH is 12. The van der Waals surface area contributed by atoms with Gasteiger partial charge in [0, 0.05) is 49.2 Å². The number of carboxylic acid groups (broad SMARTS) is 8. The Kier molecular flexibility index (Phi) is 70.7. The van der Waals surface area contributed by atoms with Gasteiger partial charge in [0.2, 0.25) is 59.1 Å². The monoisotopic (exact) mass is 1870 g/mol. The lowest BCUT2D eigenvalue weighted by atomic mass is 10.1. The Hall–Kier alpha value is -10.0. The van der Waals surface area contributed by atoms with Gasteiger partial charge in [-0.2, -0.15) is 66.2 Å². The topological polar surface area (TPSA) is 949 Å². The molecule has 124 heavy (non-hydrogen) atoms. The molecule has 0 saturated carbocycles. The molecule has 0 spiro atoms. The van der Waals surface area contributed by atoms with Crippen LogP contribution in [-0.4, -0.2) is 457 Å². The van der Waals surface area contributed by atoms with Crippen LogP contribution in [0, 0.1) is 0 Å². The fourth-order valence-corrected chi connectivity index (χ4v) is 10.4. The summed E-state index contributed by atoms with van der Waals surface area (Å²) in [5, 5.41) is 217. The van der Waals surface area contributed by atoms with E-state index in [1.165, 1.54) is 65.6 Å². The summed E-state index contributed by atoms with van der Waals surface area (Å²) < 4.78 is 0. The molecule has 0 bridgehead atoms. The molecule has 22 atom stereocenters. The number of carbonyl (C=O) groups excluding carboxylic acids is 14. The van der Waals surface area contributed by atoms with Crippen LogP contribution in [0.5, 0.6) is 0 Å². The molecule has 0 aliphatic rings. The number of nitrogens with one attached hydrogen (secondary N) is 14. The lowest BCUT2D eigenvalue weighted by Gasteiger charge is -2.23. The number of rotatable bonds is 56. The van der Waals surface area contributed by atoms with E-state index in [-0.39, 0.29) is 35.3 Å². The van der Waals surface area contributed by atoms with E-state index in [0.717, 1.165) is 23.5 Å². The van der Waals surface area contributed by atoms with Crippen molar-refractivity contribution in [2.24, 2.45) is 0 Å². The predicted octanol–water partition coefficient (Wildman–Crippen LogP) is -17.4. The number of hydrogen-bond donors (Lipinski definition) is 34. The Morgan fingerprint density at radius 2 is 0.419 bits per heavy atom. The fourth-order valence-electron chi connectivity index (χ4n) is 8.19. The van der Waals surface area contributed by atoms with Crippen molar-refractivity contribution in [3.63, 3.8) is 0 Å². The van der Waals surface area contributed by atoms with Gasteiger partial charge in [0.15, 0.2) is 24.4 Å². The molecule has 0 aromatic heterocycles. The molecule has 0 heterocycles. The van der Waals surface area contributed by atoms with Crippen molar-refractivity contribution in [1.82, 2.24) is 74.4 Å². The Balaban J connectivity index is -0.000000367. The van der Waals surface area contributed by atoms with Crippen molar-refractivity contribution in [2.75, 3.05) is 102 Å². The van der Waals surface area contributed by atoms with Crippen LogP contribution in [0.25, 0.3) is 0 Å². The summed E-state index contributed by atoms with van der Waals surface area (Å²) >= 11 is 4.77. The molecule has 56 nitrogen and oxygen atoms in total. The summed E-state index contributed by atoms with van der Waals surface area (Å²) in [4.78, 5) is 241. The lowest BCUT2D eigenvalue weighted by Crippen LogP contribution is -2.56. The molecule has 34 N–H and O–H groups in total. The minimum atomic E-state index is -2.29. The summed E-state index contributed by atoms with van der Waals surface area (Å²) in [5.41, 5.74) is 0. The molecule has 4 unspecified atom stereocenters. The minimum absolute atomic E-state index is 0.0385. The van der Waals surface area contributed by atoms with Crippen molar-refractivity contribution in [3.8, 4) is 0 Å². The molecule has 712 valence electrons. The maximum atomic E-state index is 12.5. The highest BCUT2D eigenvalue weighted by Crippen LogP contribution is 2.10. The second-order valence-electron chi connectivity index (χ2n) is 24.8. The summed E-state index contributed by atoms with van der Waals surface area (Å²) in [7, 11) is 5.76. The smallest absolute Gasteiger partial charge is 0.373 e. The molecule has 0 aromatic carbocycles. The van der Waals surface area contributed by atoms with Crippen molar-refractivity contribution in [1.29, 1.82) is 0 Å². The predicted molar refractivity (Wildman–Crippen MR) is 422 cm³/mol. The van der Waals surface area contributed by atoms with E-state index >= 15 is 0 Å². The largest absolute Gasteiger partial charge is 0.480 e. The minimum Gasteiger partial charge on any atom is -0.480 e. The highest BCUT2D eigenvalue weighted by molar-refractivity contribution is 7.99. The number of amides is 10. The maximum Gasteiger partial charge on any atom is 0.373 e. The van der Waals surface area contributed by atoms with Gasteiger partial charge in [-0.15, -0.1) is 0 Å². The first kappa shape index (κ1) is 125. The highest BCUT2D eigenvalue weighted by atomic mass is 32.2.